The van der Waals surface area contributed by atoms with Crippen molar-refractivity contribution in [3.63, 3.8) is 0 Å². The second kappa shape index (κ2) is 8.98. The van der Waals surface area contributed by atoms with Gasteiger partial charge in [-0.2, -0.15) is 0 Å². The Labute approximate surface area is 181 Å². The lowest BCUT2D eigenvalue weighted by molar-refractivity contribution is 0.0997. The molecule has 1 N–H and O–H groups in total. The predicted octanol–water partition coefficient (Wildman–Crippen LogP) is 5.29. The first-order valence-electron chi connectivity index (χ1n) is 8.87. The summed E-state index contributed by atoms with van der Waals surface area (Å²) in [7, 11) is 1.61. The standard InChI is InChI=1S/C21H16ClN3O4S/c1-27-15-6-8-16(9-7-15)28-12-19-24-25-21(30-19)23-20(26)18-11-10-17(29-18)13-2-4-14(22)5-3-13/h2-11H,12H2,1H3,(H,23,25,26). The van der Waals surface area contributed by atoms with Crippen molar-refractivity contribution in [3.05, 3.63) is 76.5 Å². The molecule has 0 radical (unpaired) electrons. The molecular formula is C21H16ClN3O4S. The van der Waals surface area contributed by atoms with Crippen molar-refractivity contribution in [2.45, 2.75) is 6.61 Å². The van der Waals surface area contributed by atoms with Crippen LogP contribution in [0, 0.1) is 0 Å². The number of benzene rings is 2. The number of hydrogen-bond acceptors (Lipinski definition) is 7. The molecule has 0 spiro atoms. The molecule has 0 fully saturated rings. The Kier molecular flexibility index (Phi) is 5.97. The van der Waals surface area contributed by atoms with Gasteiger partial charge in [0.25, 0.3) is 5.91 Å². The van der Waals surface area contributed by atoms with Crippen LogP contribution in [0.3, 0.4) is 0 Å². The van der Waals surface area contributed by atoms with Crippen molar-refractivity contribution < 1.29 is 18.7 Å². The fourth-order valence-corrected chi connectivity index (χ4v) is 3.34. The summed E-state index contributed by atoms with van der Waals surface area (Å²) in [4.78, 5) is 12.4. The lowest BCUT2D eigenvalue weighted by Gasteiger charge is -2.04. The van der Waals surface area contributed by atoms with Crippen LogP contribution < -0.4 is 14.8 Å². The van der Waals surface area contributed by atoms with Crippen molar-refractivity contribution in [1.29, 1.82) is 0 Å². The van der Waals surface area contributed by atoms with Crippen LogP contribution in [0.25, 0.3) is 11.3 Å². The number of amides is 1. The van der Waals surface area contributed by atoms with Crippen molar-refractivity contribution >= 4 is 34.0 Å². The number of rotatable bonds is 7. The smallest absolute Gasteiger partial charge is 0.293 e. The quantitative estimate of drug-likeness (QED) is 0.419. The molecule has 0 aliphatic heterocycles. The molecule has 30 heavy (non-hydrogen) atoms. The van der Waals surface area contributed by atoms with Gasteiger partial charge in [-0.25, -0.2) is 0 Å². The van der Waals surface area contributed by atoms with E-state index in [2.05, 4.69) is 15.5 Å². The number of furan rings is 1. The van der Waals surface area contributed by atoms with Gasteiger partial charge >= 0.3 is 0 Å². The molecule has 0 saturated carbocycles. The van der Waals surface area contributed by atoms with E-state index in [0.29, 0.717) is 26.7 Å². The first kappa shape index (κ1) is 19.9. The van der Waals surface area contributed by atoms with E-state index >= 15 is 0 Å². The van der Waals surface area contributed by atoms with E-state index < -0.39 is 5.91 Å². The number of aromatic nitrogens is 2. The number of halogens is 1. The number of hydrogen-bond donors (Lipinski definition) is 1. The number of nitrogens with one attached hydrogen (secondary N) is 1. The van der Waals surface area contributed by atoms with Crippen LogP contribution in [-0.2, 0) is 6.61 Å². The summed E-state index contributed by atoms with van der Waals surface area (Å²) in [6.45, 7) is 0.237. The highest BCUT2D eigenvalue weighted by Crippen LogP contribution is 2.25. The fraction of sp³-hybridized carbons (Fsp3) is 0.0952. The Bertz CT molecular complexity index is 1140. The zero-order valence-electron chi connectivity index (χ0n) is 15.8. The maximum atomic E-state index is 12.4. The summed E-state index contributed by atoms with van der Waals surface area (Å²) < 4.78 is 16.4. The minimum atomic E-state index is -0.408. The molecular weight excluding hydrogens is 426 g/mol. The second-order valence-corrected chi connectivity index (χ2v) is 7.59. The third-order valence-electron chi connectivity index (χ3n) is 4.07. The average Bonchev–Trinajstić information content (AvgIpc) is 3.43. The molecule has 0 atom stereocenters. The summed E-state index contributed by atoms with van der Waals surface area (Å²) >= 11 is 7.12. The highest BCUT2D eigenvalue weighted by Gasteiger charge is 2.15. The number of carbonyl (C=O) groups is 1. The molecule has 0 saturated heterocycles. The summed E-state index contributed by atoms with van der Waals surface area (Å²) in [6.07, 6.45) is 0. The molecule has 0 aliphatic carbocycles. The van der Waals surface area contributed by atoms with E-state index in [4.69, 9.17) is 25.5 Å². The molecule has 0 unspecified atom stereocenters. The number of carbonyl (C=O) groups excluding carboxylic acids is 1. The molecule has 2 heterocycles. The Morgan fingerprint density at radius 2 is 1.77 bits per heavy atom. The van der Waals surface area contributed by atoms with E-state index in [1.54, 1.807) is 43.5 Å². The topological polar surface area (TPSA) is 86.5 Å². The normalized spacial score (nSPS) is 10.6. The zero-order valence-corrected chi connectivity index (χ0v) is 17.4. The summed E-state index contributed by atoms with van der Waals surface area (Å²) in [6, 6.07) is 17.7. The van der Waals surface area contributed by atoms with Crippen LogP contribution in [0.2, 0.25) is 5.02 Å². The predicted molar refractivity (Wildman–Crippen MR) is 114 cm³/mol. The van der Waals surface area contributed by atoms with E-state index in [-0.39, 0.29) is 12.4 Å². The first-order valence-corrected chi connectivity index (χ1v) is 10.1. The molecule has 2 aromatic heterocycles. The van der Waals surface area contributed by atoms with Gasteiger partial charge in [0.15, 0.2) is 10.8 Å². The average molecular weight is 442 g/mol. The molecule has 9 heteroatoms. The van der Waals surface area contributed by atoms with Gasteiger partial charge in [-0.3, -0.25) is 10.1 Å². The van der Waals surface area contributed by atoms with Crippen molar-refractivity contribution in [2.24, 2.45) is 0 Å². The SMILES string of the molecule is COc1ccc(OCc2nnc(NC(=O)c3ccc(-c4ccc(Cl)cc4)o3)s2)cc1. The Balaban J connectivity index is 1.35. The number of methoxy groups -OCH3 is 1. The molecule has 4 rings (SSSR count). The summed E-state index contributed by atoms with van der Waals surface area (Å²) in [5, 5.41) is 12.3. The molecule has 152 valence electrons. The Morgan fingerprint density at radius 1 is 1.03 bits per heavy atom. The number of nitrogens with zero attached hydrogens (tertiary/aromatic N) is 2. The summed E-state index contributed by atoms with van der Waals surface area (Å²) in [5.41, 5.74) is 0.826. The van der Waals surface area contributed by atoms with Crippen LogP contribution >= 0.6 is 22.9 Å². The molecule has 7 nitrogen and oxygen atoms in total. The van der Waals surface area contributed by atoms with Gasteiger partial charge < -0.3 is 13.9 Å². The minimum absolute atomic E-state index is 0.172. The van der Waals surface area contributed by atoms with Crippen LogP contribution in [0.5, 0.6) is 11.5 Å². The van der Waals surface area contributed by atoms with E-state index in [1.165, 1.54) is 11.3 Å². The third kappa shape index (κ3) is 4.79. The molecule has 2 aromatic carbocycles. The van der Waals surface area contributed by atoms with Crippen LogP contribution in [0.1, 0.15) is 15.6 Å². The number of ether oxygens (including phenoxy) is 2. The van der Waals surface area contributed by atoms with Gasteiger partial charge in [0.1, 0.15) is 23.9 Å². The largest absolute Gasteiger partial charge is 0.497 e. The van der Waals surface area contributed by atoms with Gasteiger partial charge in [0.05, 0.1) is 7.11 Å². The minimum Gasteiger partial charge on any atom is -0.497 e. The molecule has 0 aliphatic rings. The molecule has 1 amide bonds. The third-order valence-corrected chi connectivity index (χ3v) is 5.13. The van der Waals surface area contributed by atoms with Gasteiger partial charge in [0, 0.05) is 10.6 Å². The van der Waals surface area contributed by atoms with E-state index in [9.17, 15) is 4.79 Å². The zero-order chi connectivity index (χ0) is 20.9. The Hall–Kier alpha value is -3.36. The van der Waals surface area contributed by atoms with Gasteiger partial charge in [-0.05, 0) is 60.7 Å². The van der Waals surface area contributed by atoms with Gasteiger partial charge in [0.2, 0.25) is 5.13 Å². The van der Waals surface area contributed by atoms with Crippen molar-refractivity contribution in [3.8, 4) is 22.8 Å². The highest BCUT2D eigenvalue weighted by atomic mass is 35.5. The fourth-order valence-electron chi connectivity index (χ4n) is 2.57. The Morgan fingerprint density at radius 3 is 2.50 bits per heavy atom. The van der Waals surface area contributed by atoms with Crippen molar-refractivity contribution in [2.75, 3.05) is 12.4 Å². The lowest BCUT2D eigenvalue weighted by atomic mass is 10.2. The van der Waals surface area contributed by atoms with Crippen LogP contribution in [0.4, 0.5) is 5.13 Å². The second-order valence-electron chi connectivity index (χ2n) is 6.09. The highest BCUT2D eigenvalue weighted by molar-refractivity contribution is 7.15. The van der Waals surface area contributed by atoms with Crippen LogP contribution in [-0.4, -0.2) is 23.2 Å². The van der Waals surface area contributed by atoms with Gasteiger partial charge in [-0.15, -0.1) is 10.2 Å². The van der Waals surface area contributed by atoms with Crippen molar-refractivity contribution in [1.82, 2.24) is 10.2 Å². The summed E-state index contributed by atoms with van der Waals surface area (Å²) in [5.74, 6) is 1.77. The van der Waals surface area contributed by atoms with Gasteiger partial charge in [-0.1, -0.05) is 22.9 Å². The monoisotopic (exact) mass is 441 g/mol. The van der Waals surface area contributed by atoms with Crippen LogP contribution in [0.15, 0.2) is 65.1 Å². The lowest BCUT2D eigenvalue weighted by Crippen LogP contribution is -2.10. The maximum Gasteiger partial charge on any atom is 0.293 e. The molecule has 0 bridgehead atoms. The van der Waals surface area contributed by atoms with E-state index in [1.807, 2.05) is 24.3 Å². The number of anilines is 1. The first-order chi connectivity index (χ1) is 14.6. The molecule has 4 aromatic rings. The maximum absolute atomic E-state index is 12.4. The van der Waals surface area contributed by atoms with E-state index in [0.717, 1.165) is 11.3 Å².